The molecule has 19 aliphatic rings. The Balaban J connectivity index is 1.20. The van der Waals surface area contributed by atoms with Gasteiger partial charge in [-0.05, 0) is 142 Å². The molecule has 0 saturated heterocycles. The van der Waals surface area contributed by atoms with Crippen molar-refractivity contribution in [2.24, 2.45) is 0 Å². The van der Waals surface area contributed by atoms with Gasteiger partial charge in [0.05, 0.1) is 21.3 Å². The van der Waals surface area contributed by atoms with E-state index in [1.54, 1.807) is 21.3 Å². The van der Waals surface area contributed by atoms with Gasteiger partial charge in [0, 0.05) is 58.9 Å². The van der Waals surface area contributed by atoms with E-state index >= 15 is 0 Å². The molecule has 0 radical (unpaired) electrons. The lowest BCUT2D eigenvalue weighted by atomic mass is 9.94. The molecule has 0 amide bonds. The van der Waals surface area contributed by atoms with E-state index < -0.39 is 0 Å². The van der Waals surface area contributed by atoms with Crippen LogP contribution in [0.25, 0.3) is 0 Å². The Kier molecular flexibility index (Phi) is 12.4. The van der Waals surface area contributed by atoms with Gasteiger partial charge in [0.15, 0.2) is 34.5 Å². The lowest BCUT2D eigenvalue weighted by Crippen LogP contribution is -2.40. The van der Waals surface area contributed by atoms with Crippen molar-refractivity contribution in [3.63, 3.8) is 0 Å². The highest BCUT2D eigenvalue weighted by Crippen LogP contribution is 2.43. The van der Waals surface area contributed by atoms with Crippen LogP contribution in [0, 0.1) is 0 Å². The van der Waals surface area contributed by atoms with Crippen molar-refractivity contribution in [1.29, 1.82) is 0 Å². The second-order valence-corrected chi connectivity index (χ2v) is 16.0. The van der Waals surface area contributed by atoms with Gasteiger partial charge in [0.25, 0.3) is 0 Å². The van der Waals surface area contributed by atoms with E-state index in [0.29, 0.717) is 53.8 Å². The average molecular weight is 819 g/mol. The van der Waals surface area contributed by atoms with Crippen LogP contribution in [0.1, 0.15) is 50.1 Å². The summed E-state index contributed by atoms with van der Waals surface area (Å²) in [5.41, 5.74) is 10.3. The minimum Gasteiger partial charge on any atom is -0.493 e. The third-order valence-corrected chi connectivity index (χ3v) is 11.9. The Labute approximate surface area is 358 Å². The van der Waals surface area contributed by atoms with Gasteiger partial charge < -0.3 is 44.4 Å². The van der Waals surface area contributed by atoms with Crippen LogP contribution >= 0.6 is 0 Å². The van der Waals surface area contributed by atoms with Gasteiger partial charge in [-0.25, -0.2) is 0 Å². The fraction of sp³-hybridized carbons (Fsp3) is 0.294. The first-order valence-electron chi connectivity index (χ1n) is 21.2. The van der Waals surface area contributed by atoms with Crippen LogP contribution in [0.2, 0.25) is 0 Å². The van der Waals surface area contributed by atoms with Gasteiger partial charge in [0.1, 0.15) is 17.2 Å². The lowest BCUT2D eigenvalue weighted by molar-refractivity contribution is 0.271. The zero-order chi connectivity index (χ0) is 41.5. The Hall–Kier alpha value is -6.04. The monoisotopic (exact) mass is 818 g/mol. The van der Waals surface area contributed by atoms with Crippen molar-refractivity contribution in [3.05, 3.63) is 159 Å². The maximum atomic E-state index is 6.62. The molecule has 10 heteroatoms. The number of fused-ring (bicyclic) bond motifs is 1. The molecule has 6 aromatic rings. The number of hydrogen-bond acceptors (Lipinski definition) is 10. The number of nitrogens with one attached hydrogen (secondary N) is 3. The predicted octanol–water partition coefficient (Wildman–Crippen LogP) is 8.77. The number of hydrogen-bond donors (Lipinski definition) is 3. The van der Waals surface area contributed by atoms with Crippen molar-refractivity contribution < 1.29 is 28.4 Å². The van der Waals surface area contributed by atoms with Gasteiger partial charge in [0.2, 0.25) is 0 Å². The zero-order valence-corrected chi connectivity index (χ0v) is 35.3. The molecule has 25 rings (SSSR count). The van der Waals surface area contributed by atoms with Crippen molar-refractivity contribution >= 4 is 0 Å². The van der Waals surface area contributed by atoms with E-state index in [0.717, 1.165) is 110 Å². The highest BCUT2D eigenvalue weighted by molar-refractivity contribution is 5.59. The van der Waals surface area contributed by atoms with Gasteiger partial charge >= 0.3 is 0 Å². The summed E-state index contributed by atoms with van der Waals surface area (Å²) in [6.45, 7) is 7.71. The van der Waals surface area contributed by atoms with E-state index in [-0.39, 0.29) is 0 Å². The van der Waals surface area contributed by atoms with Gasteiger partial charge in [-0.3, -0.25) is 4.90 Å². The second-order valence-electron chi connectivity index (χ2n) is 16.0. The SMILES string of the molecule is COc1cc2c3cc1Oc1ccc(cc1)CNCCN1CCNCc4ccc(cc4)Oc4cc(c(cc4OC)C3)Cc3cc(OC)c(cc3C2)Oc2ccc(cc2)CNCC1. The summed E-state index contributed by atoms with van der Waals surface area (Å²) in [4.78, 5) is 2.51. The highest BCUT2D eigenvalue weighted by Gasteiger charge is 2.23. The van der Waals surface area contributed by atoms with Gasteiger partial charge in [-0.1, -0.05) is 36.4 Å². The zero-order valence-electron chi connectivity index (χ0n) is 35.3. The number of nitrogens with zero attached hydrogens (tertiary/aromatic N) is 1. The van der Waals surface area contributed by atoms with Crippen molar-refractivity contribution in [3.8, 4) is 51.7 Å². The first-order valence-corrected chi connectivity index (χ1v) is 21.2. The Morgan fingerprint density at radius 2 is 0.672 bits per heavy atom. The molecule has 1 aliphatic carbocycles. The Bertz CT molecular complexity index is 2180. The summed E-state index contributed by atoms with van der Waals surface area (Å²) < 4.78 is 38.0. The Morgan fingerprint density at radius 3 is 0.951 bits per heavy atom. The van der Waals surface area contributed by atoms with Crippen molar-refractivity contribution in [1.82, 2.24) is 20.9 Å². The quantitative estimate of drug-likeness (QED) is 0.161. The summed E-state index contributed by atoms with van der Waals surface area (Å²) in [7, 11) is 5.09. The summed E-state index contributed by atoms with van der Waals surface area (Å²) >= 11 is 0. The summed E-state index contributed by atoms with van der Waals surface area (Å²) in [6.07, 6.45) is 1.92. The molecule has 0 spiro atoms. The molecule has 6 aromatic carbocycles. The first kappa shape index (κ1) is 40.4. The topological polar surface area (TPSA) is 94.7 Å². The third kappa shape index (κ3) is 9.64. The fourth-order valence-electron chi connectivity index (χ4n) is 8.41. The largest absolute Gasteiger partial charge is 0.493 e. The minimum atomic E-state index is 0.640. The molecule has 0 atom stereocenters. The molecule has 18 heterocycles. The van der Waals surface area contributed by atoms with E-state index in [9.17, 15) is 0 Å². The average Bonchev–Trinajstić information content (AvgIpc) is 3.33. The summed E-state index contributed by atoms with van der Waals surface area (Å²) in [5, 5.41) is 11.0. The lowest BCUT2D eigenvalue weighted by Gasteiger charge is -2.23. The fourth-order valence-corrected chi connectivity index (χ4v) is 8.41. The third-order valence-electron chi connectivity index (χ3n) is 11.9. The first-order chi connectivity index (χ1) is 30.0. The standard InChI is InChI=1S/C51H54N4O6/c1-56-46-25-37-22-41-29-50-48(58-3)27-39(41)24-42-30-51-47(57-2)26-38(42)23-40(37)28-49(46)59-43-10-4-34(5-11-43)31-52-16-19-55(20-17-53-32-35-6-12-44(60-50)13-7-35)21-18-54-33-36-8-14-45(61-51)15-9-36/h4-15,25-30,52-54H,16-24,31-33H2,1-3H3. The van der Waals surface area contributed by atoms with E-state index in [1.807, 2.05) is 36.4 Å². The number of rotatable bonds is 3. The highest BCUT2D eigenvalue weighted by atomic mass is 16.5. The Morgan fingerprint density at radius 1 is 0.393 bits per heavy atom. The second kappa shape index (κ2) is 18.7. The van der Waals surface area contributed by atoms with Crippen LogP contribution < -0.4 is 44.4 Å². The van der Waals surface area contributed by atoms with Crippen LogP contribution in [-0.2, 0) is 38.9 Å². The summed E-state index contributed by atoms with van der Waals surface area (Å²) in [5.74, 6) is 6.20. The molecule has 0 unspecified atom stereocenters. The van der Waals surface area contributed by atoms with Gasteiger partial charge in [-0.15, -0.1) is 0 Å². The van der Waals surface area contributed by atoms with E-state index in [4.69, 9.17) is 28.4 Å². The van der Waals surface area contributed by atoms with Crippen LogP contribution in [0.3, 0.4) is 0 Å². The number of ether oxygens (including phenoxy) is 6. The minimum absolute atomic E-state index is 0.640. The normalized spacial score (nSPS) is 15.8. The maximum Gasteiger partial charge on any atom is 0.169 e. The molecule has 0 saturated carbocycles. The van der Waals surface area contributed by atoms with Crippen molar-refractivity contribution in [2.75, 3.05) is 60.6 Å². The molecule has 0 aromatic heterocycles. The van der Waals surface area contributed by atoms with E-state index in [2.05, 4.69) is 93.6 Å². The predicted molar refractivity (Wildman–Crippen MR) is 239 cm³/mol. The molecule has 61 heavy (non-hydrogen) atoms. The summed E-state index contributed by atoms with van der Waals surface area (Å²) in [6, 6.07) is 37.7. The number of benzene rings is 6. The molecular weight excluding hydrogens is 765 g/mol. The molecular formula is C51H54N4O6. The van der Waals surface area contributed by atoms with Gasteiger partial charge in [-0.2, -0.15) is 0 Å². The van der Waals surface area contributed by atoms with Crippen LogP contribution in [-0.4, -0.2) is 65.5 Å². The molecule has 16 bridgehead atoms. The van der Waals surface area contributed by atoms with Crippen LogP contribution in [0.5, 0.6) is 51.7 Å². The molecule has 314 valence electrons. The molecule has 0 fully saturated rings. The van der Waals surface area contributed by atoms with Crippen LogP contribution in [0.4, 0.5) is 0 Å². The molecule has 3 N–H and O–H groups in total. The molecule has 10 nitrogen and oxygen atoms in total. The maximum absolute atomic E-state index is 6.62. The number of methoxy groups -OCH3 is 3. The smallest absolute Gasteiger partial charge is 0.169 e. The molecule has 18 aliphatic heterocycles. The van der Waals surface area contributed by atoms with Crippen LogP contribution in [0.15, 0.2) is 109 Å². The van der Waals surface area contributed by atoms with E-state index in [1.165, 1.54) is 16.7 Å². The van der Waals surface area contributed by atoms with Crippen molar-refractivity contribution in [2.45, 2.75) is 38.9 Å².